The van der Waals surface area contributed by atoms with Gasteiger partial charge in [-0.05, 0) is 24.1 Å². The van der Waals surface area contributed by atoms with Gasteiger partial charge in [0, 0.05) is 18.1 Å². The van der Waals surface area contributed by atoms with Crippen molar-refractivity contribution in [3.8, 4) is 0 Å². The number of rotatable bonds is 3. The van der Waals surface area contributed by atoms with E-state index in [2.05, 4.69) is 0 Å². The van der Waals surface area contributed by atoms with Crippen LogP contribution in [-0.4, -0.2) is 27.4 Å². The summed E-state index contributed by atoms with van der Waals surface area (Å²) in [5.74, 6) is 0. The molecule has 1 saturated heterocycles. The van der Waals surface area contributed by atoms with E-state index in [4.69, 9.17) is 20.5 Å². The molecule has 0 N–H and O–H groups in total. The van der Waals surface area contributed by atoms with E-state index in [1.807, 2.05) is 12.1 Å². The lowest BCUT2D eigenvalue weighted by Gasteiger charge is -2.29. The Bertz CT molecular complexity index is 497. The molecule has 0 aliphatic carbocycles. The molecule has 1 aromatic carbocycles. The van der Waals surface area contributed by atoms with Crippen molar-refractivity contribution in [3.05, 3.63) is 34.9 Å². The summed E-state index contributed by atoms with van der Waals surface area (Å²) in [6.45, 7) is 0.494. The highest BCUT2D eigenvalue weighted by Crippen LogP contribution is 2.30. The molecule has 2 atom stereocenters. The molecule has 2 rings (SSSR count). The second-order valence-electron chi connectivity index (χ2n) is 4.36. The maximum Gasteiger partial charge on any atom is 0.264 e. The van der Waals surface area contributed by atoms with Gasteiger partial charge in [-0.15, -0.1) is 0 Å². The van der Waals surface area contributed by atoms with Gasteiger partial charge in [0.1, 0.15) is 0 Å². The summed E-state index contributed by atoms with van der Waals surface area (Å²) in [5, 5.41) is 0.665. The number of ether oxygens (including phenoxy) is 1. The maximum atomic E-state index is 11.1. The predicted octanol–water partition coefficient (Wildman–Crippen LogP) is 2.54. The van der Waals surface area contributed by atoms with Crippen molar-refractivity contribution in [2.24, 2.45) is 0 Å². The van der Waals surface area contributed by atoms with Crippen LogP contribution in [0.15, 0.2) is 24.3 Å². The second-order valence-corrected chi connectivity index (χ2v) is 6.39. The molecule has 1 aliphatic heterocycles. The van der Waals surface area contributed by atoms with Gasteiger partial charge in [0.2, 0.25) is 0 Å². The SMILES string of the molecule is CS(=O)(=O)OC1CCOC(c2ccc(Cl)cc2)C1. The number of hydrogen-bond acceptors (Lipinski definition) is 4. The lowest BCUT2D eigenvalue weighted by atomic mass is 9.99. The Morgan fingerprint density at radius 2 is 2.00 bits per heavy atom. The highest BCUT2D eigenvalue weighted by atomic mass is 35.5. The summed E-state index contributed by atoms with van der Waals surface area (Å²) in [7, 11) is -3.41. The molecule has 0 radical (unpaired) electrons. The summed E-state index contributed by atoms with van der Waals surface area (Å²) in [6, 6.07) is 7.36. The van der Waals surface area contributed by atoms with Crippen molar-refractivity contribution in [1.29, 1.82) is 0 Å². The van der Waals surface area contributed by atoms with Crippen LogP contribution < -0.4 is 0 Å². The van der Waals surface area contributed by atoms with Crippen molar-refractivity contribution in [2.45, 2.75) is 25.0 Å². The quantitative estimate of drug-likeness (QED) is 0.803. The largest absolute Gasteiger partial charge is 0.373 e. The Morgan fingerprint density at radius 1 is 1.33 bits per heavy atom. The van der Waals surface area contributed by atoms with Gasteiger partial charge in [0.05, 0.1) is 18.5 Å². The van der Waals surface area contributed by atoms with Gasteiger partial charge in [-0.25, -0.2) is 0 Å². The lowest BCUT2D eigenvalue weighted by Crippen LogP contribution is -2.28. The number of halogens is 1. The molecule has 0 aromatic heterocycles. The molecule has 1 aromatic rings. The minimum atomic E-state index is -3.41. The summed E-state index contributed by atoms with van der Waals surface area (Å²) < 4.78 is 32.9. The summed E-state index contributed by atoms with van der Waals surface area (Å²) in [4.78, 5) is 0. The van der Waals surface area contributed by atoms with Gasteiger partial charge in [0.25, 0.3) is 10.1 Å². The van der Waals surface area contributed by atoms with E-state index in [1.54, 1.807) is 12.1 Å². The zero-order chi connectivity index (χ0) is 13.2. The van der Waals surface area contributed by atoms with Crippen LogP contribution in [0, 0.1) is 0 Å². The molecule has 18 heavy (non-hydrogen) atoms. The van der Waals surface area contributed by atoms with Crippen molar-refractivity contribution in [2.75, 3.05) is 12.9 Å². The van der Waals surface area contributed by atoms with Gasteiger partial charge in [-0.2, -0.15) is 8.42 Å². The monoisotopic (exact) mass is 290 g/mol. The van der Waals surface area contributed by atoms with Crippen LogP contribution in [0.1, 0.15) is 24.5 Å². The van der Waals surface area contributed by atoms with Crippen molar-refractivity contribution in [3.63, 3.8) is 0 Å². The molecule has 2 unspecified atom stereocenters. The van der Waals surface area contributed by atoms with Gasteiger partial charge >= 0.3 is 0 Å². The average molecular weight is 291 g/mol. The van der Waals surface area contributed by atoms with Crippen molar-refractivity contribution >= 4 is 21.7 Å². The smallest absolute Gasteiger partial charge is 0.264 e. The lowest BCUT2D eigenvalue weighted by molar-refractivity contribution is -0.0342. The molecule has 0 amide bonds. The summed E-state index contributed by atoms with van der Waals surface area (Å²) >= 11 is 5.82. The van der Waals surface area contributed by atoms with Gasteiger partial charge in [-0.3, -0.25) is 4.18 Å². The average Bonchev–Trinajstić information content (AvgIpc) is 2.28. The van der Waals surface area contributed by atoms with E-state index in [0.717, 1.165) is 11.8 Å². The fraction of sp³-hybridized carbons (Fsp3) is 0.500. The third kappa shape index (κ3) is 3.95. The summed E-state index contributed by atoms with van der Waals surface area (Å²) in [6.07, 6.45) is 1.75. The Kier molecular flexibility index (Phi) is 4.27. The van der Waals surface area contributed by atoms with E-state index in [0.29, 0.717) is 24.5 Å². The second kappa shape index (κ2) is 5.57. The molecule has 4 nitrogen and oxygen atoms in total. The topological polar surface area (TPSA) is 52.6 Å². The molecule has 1 heterocycles. The van der Waals surface area contributed by atoms with Gasteiger partial charge in [-0.1, -0.05) is 23.7 Å². The molecular formula is C12H15ClO4S. The first kappa shape index (κ1) is 13.8. The zero-order valence-electron chi connectivity index (χ0n) is 10.0. The van der Waals surface area contributed by atoms with Gasteiger partial charge < -0.3 is 4.74 Å². The van der Waals surface area contributed by atoms with Crippen LogP contribution in [0.25, 0.3) is 0 Å². The van der Waals surface area contributed by atoms with Crippen molar-refractivity contribution in [1.82, 2.24) is 0 Å². The van der Waals surface area contributed by atoms with Crippen LogP contribution in [0.2, 0.25) is 5.02 Å². The maximum absolute atomic E-state index is 11.1. The molecular weight excluding hydrogens is 276 g/mol. The highest BCUT2D eigenvalue weighted by Gasteiger charge is 2.26. The van der Waals surface area contributed by atoms with Crippen LogP contribution in [-0.2, 0) is 19.0 Å². The van der Waals surface area contributed by atoms with E-state index in [1.165, 1.54) is 0 Å². The summed E-state index contributed by atoms with van der Waals surface area (Å²) in [5.41, 5.74) is 0.987. The standard InChI is InChI=1S/C12H15ClO4S/c1-18(14,15)17-11-6-7-16-12(8-11)9-2-4-10(13)5-3-9/h2-5,11-12H,6-8H2,1H3. The number of benzene rings is 1. The predicted molar refractivity (Wildman–Crippen MR) is 69.1 cm³/mol. The fourth-order valence-electron chi connectivity index (χ4n) is 2.01. The Morgan fingerprint density at radius 3 is 2.61 bits per heavy atom. The number of hydrogen-bond donors (Lipinski definition) is 0. The first-order valence-corrected chi connectivity index (χ1v) is 7.89. The molecule has 100 valence electrons. The first-order chi connectivity index (χ1) is 8.44. The molecule has 0 spiro atoms. The van der Waals surface area contributed by atoms with Gasteiger partial charge in [0.15, 0.2) is 0 Å². The zero-order valence-corrected chi connectivity index (χ0v) is 11.6. The fourth-order valence-corrected chi connectivity index (χ4v) is 2.81. The molecule has 1 fully saturated rings. The minimum absolute atomic E-state index is 0.136. The van der Waals surface area contributed by atoms with Crippen molar-refractivity contribution < 1.29 is 17.3 Å². The Hall–Kier alpha value is -0.620. The van der Waals surface area contributed by atoms with E-state index in [9.17, 15) is 8.42 Å². The highest BCUT2D eigenvalue weighted by molar-refractivity contribution is 7.86. The normalized spacial score (nSPS) is 25.0. The van der Waals surface area contributed by atoms with Crippen LogP contribution in [0.3, 0.4) is 0 Å². The third-order valence-electron chi connectivity index (χ3n) is 2.79. The van der Waals surface area contributed by atoms with Crippen LogP contribution in [0.5, 0.6) is 0 Å². The third-order valence-corrected chi connectivity index (χ3v) is 3.66. The van der Waals surface area contributed by atoms with Crippen LogP contribution in [0.4, 0.5) is 0 Å². The Labute approximate surface area is 112 Å². The van der Waals surface area contributed by atoms with E-state index >= 15 is 0 Å². The Balaban J connectivity index is 2.04. The first-order valence-electron chi connectivity index (χ1n) is 5.69. The van der Waals surface area contributed by atoms with E-state index < -0.39 is 10.1 Å². The van der Waals surface area contributed by atoms with E-state index in [-0.39, 0.29) is 12.2 Å². The minimum Gasteiger partial charge on any atom is -0.373 e. The molecule has 1 aliphatic rings. The molecule has 6 heteroatoms. The van der Waals surface area contributed by atoms with Crippen LogP contribution >= 0.6 is 11.6 Å². The molecule has 0 saturated carbocycles. The molecule has 0 bridgehead atoms.